The van der Waals surface area contributed by atoms with Gasteiger partial charge in [0, 0.05) is 11.1 Å². The van der Waals surface area contributed by atoms with Crippen molar-refractivity contribution in [2.75, 3.05) is 12.4 Å². The van der Waals surface area contributed by atoms with Gasteiger partial charge < -0.3 is 19.1 Å². The number of carbonyl (C=O) groups is 1. The number of methoxy groups -OCH3 is 1. The minimum absolute atomic E-state index is 0.0598. The number of nitrogens with one attached hydrogen (secondary N) is 1. The number of amides is 1. The molecule has 0 aliphatic heterocycles. The summed E-state index contributed by atoms with van der Waals surface area (Å²) >= 11 is 0. The fourth-order valence-electron chi connectivity index (χ4n) is 3.96. The first-order valence-electron chi connectivity index (χ1n) is 10.6. The van der Waals surface area contributed by atoms with Crippen LogP contribution < -0.4 is 15.6 Å². The third-order valence-corrected chi connectivity index (χ3v) is 5.53. The minimum Gasteiger partial charge on any atom is -0.497 e. The molecule has 0 unspecified atom stereocenters. The largest absolute Gasteiger partial charge is 0.497 e. The summed E-state index contributed by atoms with van der Waals surface area (Å²) in [6, 6.07) is 12.9. The van der Waals surface area contributed by atoms with Crippen LogP contribution in [0, 0.1) is 13.8 Å². The molecule has 0 saturated carbocycles. The number of aromatic nitrogens is 5. The Morgan fingerprint density at radius 1 is 1.15 bits per heavy atom. The molecule has 0 atom stereocenters. The van der Waals surface area contributed by atoms with Crippen LogP contribution in [0.2, 0.25) is 0 Å². The lowest BCUT2D eigenvalue weighted by Crippen LogP contribution is -2.25. The van der Waals surface area contributed by atoms with E-state index in [1.54, 1.807) is 42.9 Å². The highest BCUT2D eigenvalue weighted by molar-refractivity contribution is 6.06. The Morgan fingerprint density at radius 2 is 1.94 bits per heavy atom. The molecule has 10 nitrogen and oxygen atoms in total. The number of fused-ring (bicyclic) bond motifs is 3. The van der Waals surface area contributed by atoms with Gasteiger partial charge in [0.25, 0.3) is 5.56 Å². The van der Waals surface area contributed by atoms with E-state index in [2.05, 4.69) is 20.4 Å². The number of benzene rings is 2. The predicted octanol–water partition coefficient (Wildman–Crippen LogP) is 3.05. The summed E-state index contributed by atoms with van der Waals surface area (Å²) in [6.07, 6.45) is 1.47. The first-order chi connectivity index (χ1) is 16.4. The summed E-state index contributed by atoms with van der Waals surface area (Å²) in [7, 11) is 1.58. The summed E-state index contributed by atoms with van der Waals surface area (Å²) in [5.41, 5.74) is 2.99. The van der Waals surface area contributed by atoms with Crippen molar-refractivity contribution < 1.29 is 14.1 Å². The monoisotopic (exact) mass is 458 g/mol. The molecule has 0 fully saturated rings. The van der Waals surface area contributed by atoms with Crippen molar-refractivity contribution in [2.24, 2.45) is 0 Å². The van der Waals surface area contributed by atoms with Crippen molar-refractivity contribution in [3.8, 4) is 5.75 Å². The van der Waals surface area contributed by atoms with Crippen molar-refractivity contribution in [1.82, 2.24) is 24.3 Å². The van der Waals surface area contributed by atoms with Crippen molar-refractivity contribution in [3.05, 3.63) is 76.4 Å². The highest BCUT2D eigenvalue weighted by Crippen LogP contribution is 2.26. The Bertz CT molecular complexity index is 1580. The standard InChI is InChI=1S/C24H22N6O4/c1-14-4-9-19-18(10-14)22-23(24(32)29(13-25-22)12-21-26-15(2)28-34-21)30(19)11-20(31)27-16-5-7-17(33-3)8-6-16/h4-10,13H,11-12H2,1-3H3,(H,27,31). The summed E-state index contributed by atoms with van der Waals surface area (Å²) in [5.74, 6) is 1.21. The fraction of sp³-hybridized carbons (Fsp3) is 0.208. The van der Waals surface area contributed by atoms with E-state index in [1.807, 2.05) is 25.1 Å². The zero-order chi connectivity index (χ0) is 23.8. The molecule has 3 heterocycles. The van der Waals surface area contributed by atoms with Crippen LogP contribution in [0.5, 0.6) is 5.75 Å². The van der Waals surface area contributed by atoms with E-state index in [9.17, 15) is 9.59 Å². The lowest BCUT2D eigenvalue weighted by Gasteiger charge is -2.10. The van der Waals surface area contributed by atoms with Gasteiger partial charge in [-0.05, 0) is 50.2 Å². The Labute approximate surface area is 193 Å². The highest BCUT2D eigenvalue weighted by Gasteiger charge is 2.19. The van der Waals surface area contributed by atoms with Crippen LogP contribution in [0.4, 0.5) is 5.69 Å². The zero-order valence-electron chi connectivity index (χ0n) is 18.9. The maximum Gasteiger partial charge on any atom is 0.278 e. The second-order valence-electron chi connectivity index (χ2n) is 7.99. The number of nitrogens with zero attached hydrogens (tertiary/aromatic N) is 5. The highest BCUT2D eigenvalue weighted by atomic mass is 16.5. The first kappa shape index (κ1) is 21.4. The topological polar surface area (TPSA) is 117 Å². The molecule has 1 N–H and O–H groups in total. The third-order valence-electron chi connectivity index (χ3n) is 5.53. The third kappa shape index (κ3) is 3.90. The van der Waals surface area contributed by atoms with Crippen LogP contribution in [0.3, 0.4) is 0 Å². The van der Waals surface area contributed by atoms with E-state index in [-0.39, 0.29) is 24.6 Å². The van der Waals surface area contributed by atoms with Crippen LogP contribution >= 0.6 is 0 Å². The molecule has 34 heavy (non-hydrogen) atoms. The maximum atomic E-state index is 13.5. The number of carbonyl (C=O) groups excluding carboxylic acids is 1. The Kier molecular flexibility index (Phi) is 5.33. The van der Waals surface area contributed by atoms with Crippen molar-refractivity contribution in [3.63, 3.8) is 0 Å². The number of ether oxygens (including phenoxy) is 1. The molecule has 3 aromatic heterocycles. The Hall–Kier alpha value is -4.47. The molecule has 10 heteroatoms. The van der Waals surface area contributed by atoms with E-state index >= 15 is 0 Å². The fourth-order valence-corrected chi connectivity index (χ4v) is 3.96. The van der Waals surface area contributed by atoms with Gasteiger partial charge in [0.1, 0.15) is 29.9 Å². The molecule has 172 valence electrons. The number of aryl methyl sites for hydroxylation is 2. The quantitative estimate of drug-likeness (QED) is 0.416. The lowest BCUT2D eigenvalue weighted by atomic mass is 10.1. The molecule has 0 spiro atoms. The van der Waals surface area contributed by atoms with Crippen LogP contribution in [0.1, 0.15) is 17.3 Å². The SMILES string of the molecule is COc1ccc(NC(=O)Cn2c3ccc(C)cc3c3ncn(Cc4nc(C)no4)c(=O)c32)cc1. The first-order valence-corrected chi connectivity index (χ1v) is 10.6. The van der Waals surface area contributed by atoms with E-state index in [0.717, 1.165) is 16.5 Å². The number of anilines is 1. The van der Waals surface area contributed by atoms with Gasteiger partial charge in [-0.25, -0.2) is 4.98 Å². The molecular formula is C24H22N6O4. The molecule has 0 aliphatic carbocycles. The molecule has 5 rings (SSSR count). The Balaban J connectivity index is 1.57. The zero-order valence-corrected chi connectivity index (χ0v) is 18.9. The molecular weight excluding hydrogens is 436 g/mol. The van der Waals surface area contributed by atoms with Gasteiger partial charge in [0.2, 0.25) is 11.8 Å². The van der Waals surface area contributed by atoms with E-state index in [0.29, 0.717) is 34.2 Å². The summed E-state index contributed by atoms with van der Waals surface area (Å²) < 4.78 is 13.4. The van der Waals surface area contributed by atoms with Crippen LogP contribution in [0.25, 0.3) is 21.9 Å². The van der Waals surface area contributed by atoms with Gasteiger partial charge in [-0.15, -0.1) is 0 Å². The van der Waals surface area contributed by atoms with E-state index in [4.69, 9.17) is 9.26 Å². The molecule has 0 radical (unpaired) electrons. The van der Waals surface area contributed by atoms with Gasteiger partial charge in [0.05, 0.1) is 19.0 Å². The summed E-state index contributed by atoms with van der Waals surface area (Å²) in [4.78, 5) is 35.2. The second kappa shape index (κ2) is 8.47. The normalized spacial score (nSPS) is 11.3. The van der Waals surface area contributed by atoms with Gasteiger partial charge in [-0.2, -0.15) is 4.98 Å². The average Bonchev–Trinajstić information content (AvgIpc) is 3.37. The smallest absolute Gasteiger partial charge is 0.278 e. The van der Waals surface area contributed by atoms with E-state index in [1.165, 1.54) is 10.9 Å². The van der Waals surface area contributed by atoms with Gasteiger partial charge >= 0.3 is 0 Å². The summed E-state index contributed by atoms with van der Waals surface area (Å²) in [5, 5.41) is 7.45. The molecule has 0 aliphatic rings. The minimum atomic E-state index is -0.299. The predicted molar refractivity (Wildman–Crippen MR) is 126 cm³/mol. The van der Waals surface area contributed by atoms with Crippen LogP contribution in [-0.4, -0.2) is 37.3 Å². The second-order valence-corrected chi connectivity index (χ2v) is 7.99. The van der Waals surface area contributed by atoms with Crippen molar-refractivity contribution in [1.29, 1.82) is 0 Å². The molecule has 0 bridgehead atoms. The molecule has 2 aromatic carbocycles. The van der Waals surface area contributed by atoms with Crippen molar-refractivity contribution >= 4 is 33.5 Å². The van der Waals surface area contributed by atoms with Crippen molar-refractivity contribution in [2.45, 2.75) is 26.9 Å². The molecule has 0 saturated heterocycles. The van der Waals surface area contributed by atoms with Gasteiger partial charge in [-0.1, -0.05) is 16.8 Å². The van der Waals surface area contributed by atoms with Gasteiger partial charge in [0.15, 0.2) is 5.82 Å². The average molecular weight is 458 g/mol. The van der Waals surface area contributed by atoms with Crippen LogP contribution in [-0.2, 0) is 17.9 Å². The number of hydrogen-bond acceptors (Lipinski definition) is 7. The lowest BCUT2D eigenvalue weighted by molar-refractivity contribution is -0.116. The van der Waals surface area contributed by atoms with E-state index < -0.39 is 0 Å². The number of hydrogen-bond donors (Lipinski definition) is 1. The maximum absolute atomic E-state index is 13.5. The molecule has 5 aromatic rings. The molecule has 1 amide bonds. The van der Waals surface area contributed by atoms with Gasteiger partial charge in [-0.3, -0.25) is 14.2 Å². The number of rotatable bonds is 6. The van der Waals surface area contributed by atoms with Crippen LogP contribution in [0.15, 0.2) is 58.1 Å². The summed E-state index contributed by atoms with van der Waals surface area (Å²) in [6.45, 7) is 3.70. The Morgan fingerprint density at radius 3 is 2.65 bits per heavy atom.